The van der Waals surface area contributed by atoms with Gasteiger partial charge in [-0.1, -0.05) is 0 Å². The summed E-state index contributed by atoms with van der Waals surface area (Å²) in [6, 6.07) is 0. The first-order valence-corrected chi connectivity index (χ1v) is 8.80. The summed E-state index contributed by atoms with van der Waals surface area (Å²) in [5.41, 5.74) is 1.08. The molecular weight excluding hydrogens is 364 g/mol. The van der Waals surface area contributed by atoms with E-state index in [1.807, 2.05) is 12.3 Å². The molecule has 0 N–H and O–H groups in total. The molecule has 3 aromatic heterocycles. The molecule has 3 rings (SSSR count). The van der Waals surface area contributed by atoms with Crippen LogP contribution in [0, 0.1) is 6.92 Å². The van der Waals surface area contributed by atoms with Gasteiger partial charge in [-0.25, -0.2) is 14.8 Å². The fourth-order valence-corrected chi connectivity index (χ4v) is 2.95. The summed E-state index contributed by atoms with van der Waals surface area (Å²) in [6.45, 7) is 7.43. The zero-order valence-corrected chi connectivity index (χ0v) is 15.8. The Kier molecular flexibility index (Phi) is 4.66. The second kappa shape index (κ2) is 6.61. The topological polar surface area (TPSA) is 81.4 Å². The number of fused-ring (bicyclic) bond motifs is 1. The van der Waals surface area contributed by atoms with Crippen LogP contribution < -0.4 is 4.90 Å². The molecule has 3 heterocycles. The van der Waals surface area contributed by atoms with Gasteiger partial charge >= 0.3 is 6.09 Å². The van der Waals surface area contributed by atoms with E-state index in [4.69, 9.17) is 20.8 Å². The van der Waals surface area contributed by atoms with Crippen LogP contribution in [0.3, 0.4) is 0 Å². The van der Waals surface area contributed by atoms with E-state index in [2.05, 4.69) is 15.0 Å². The predicted molar refractivity (Wildman–Crippen MR) is 96.1 cm³/mol. The Morgan fingerprint density at radius 2 is 2.16 bits per heavy atom. The number of rotatable bonds is 3. The average Bonchev–Trinajstić information content (AvgIpc) is 3.13. The molecule has 0 unspecified atom stereocenters. The Morgan fingerprint density at radius 3 is 2.80 bits per heavy atom. The van der Waals surface area contributed by atoms with Crippen molar-refractivity contribution in [2.45, 2.75) is 39.8 Å². The largest absolute Gasteiger partial charge is 0.458 e. The Hall–Kier alpha value is -2.19. The van der Waals surface area contributed by atoms with Gasteiger partial charge in [-0.2, -0.15) is 4.98 Å². The van der Waals surface area contributed by atoms with Crippen LogP contribution in [0.2, 0.25) is 5.28 Å². The third-order valence-electron chi connectivity index (χ3n) is 3.19. The molecule has 0 aliphatic carbocycles. The van der Waals surface area contributed by atoms with Gasteiger partial charge in [-0.3, -0.25) is 4.90 Å². The van der Waals surface area contributed by atoms with Crippen LogP contribution in [0.1, 0.15) is 31.3 Å². The van der Waals surface area contributed by atoms with Crippen molar-refractivity contribution in [3.8, 4) is 0 Å². The molecule has 0 saturated carbocycles. The van der Waals surface area contributed by atoms with E-state index in [-0.39, 0.29) is 17.6 Å². The molecule has 0 aliphatic rings. The highest BCUT2D eigenvalue weighted by atomic mass is 35.5. The van der Waals surface area contributed by atoms with Crippen LogP contribution in [0.25, 0.3) is 11.1 Å². The summed E-state index contributed by atoms with van der Waals surface area (Å²) in [5, 5.41) is 2.60. The quantitative estimate of drug-likeness (QED) is 0.618. The first kappa shape index (κ1) is 17.6. The Bertz CT molecular complexity index is 902. The number of ether oxygens (including phenoxy) is 1. The van der Waals surface area contributed by atoms with E-state index in [9.17, 15) is 4.79 Å². The molecule has 0 aromatic carbocycles. The number of anilines is 1. The number of halogens is 1. The maximum atomic E-state index is 12.8. The molecule has 0 spiro atoms. The fourth-order valence-electron chi connectivity index (χ4n) is 2.18. The summed E-state index contributed by atoms with van der Waals surface area (Å²) >= 11 is 7.49. The highest BCUT2D eigenvalue weighted by molar-refractivity contribution is 7.09. The Morgan fingerprint density at radius 1 is 1.40 bits per heavy atom. The summed E-state index contributed by atoms with van der Waals surface area (Å²) < 4.78 is 11.1. The lowest BCUT2D eigenvalue weighted by Crippen LogP contribution is -2.37. The molecule has 0 radical (unpaired) electrons. The number of hydrogen-bond acceptors (Lipinski definition) is 7. The summed E-state index contributed by atoms with van der Waals surface area (Å²) in [7, 11) is 0. The zero-order chi connectivity index (χ0) is 18.2. The van der Waals surface area contributed by atoms with Crippen molar-refractivity contribution in [3.63, 3.8) is 0 Å². The first-order chi connectivity index (χ1) is 11.7. The Balaban J connectivity index is 2.09. The van der Waals surface area contributed by atoms with Gasteiger partial charge in [0.1, 0.15) is 16.1 Å². The highest BCUT2D eigenvalue weighted by Crippen LogP contribution is 2.31. The molecule has 0 bridgehead atoms. The normalized spacial score (nSPS) is 11.7. The Labute approximate surface area is 153 Å². The van der Waals surface area contributed by atoms with Gasteiger partial charge in [-0.15, -0.1) is 11.3 Å². The van der Waals surface area contributed by atoms with Crippen molar-refractivity contribution >= 4 is 45.9 Å². The van der Waals surface area contributed by atoms with E-state index >= 15 is 0 Å². The third-order valence-corrected chi connectivity index (χ3v) is 4.13. The van der Waals surface area contributed by atoms with Crippen LogP contribution >= 0.6 is 22.9 Å². The van der Waals surface area contributed by atoms with Crippen molar-refractivity contribution in [2.24, 2.45) is 0 Å². The number of carbonyl (C=O) groups is 1. The third kappa shape index (κ3) is 3.91. The number of aromatic nitrogens is 3. The van der Waals surface area contributed by atoms with Gasteiger partial charge in [-0.05, 0) is 39.3 Å². The molecule has 7 nitrogen and oxygen atoms in total. The summed E-state index contributed by atoms with van der Waals surface area (Å²) in [5.74, 6) is 0.257. The highest BCUT2D eigenvalue weighted by Gasteiger charge is 2.29. The van der Waals surface area contributed by atoms with E-state index in [0.29, 0.717) is 11.1 Å². The maximum absolute atomic E-state index is 12.8. The monoisotopic (exact) mass is 380 g/mol. The smallest absolute Gasteiger partial charge is 0.416 e. The van der Waals surface area contributed by atoms with Crippen molar-refractivity contribution in [1.29, 1.82) is 0 Å². The van der Waals surface area contributed by atoms with Crippen LogP contribution in [0.4, 0.5) is 10.6 Å². The van der Waals surface area contributed by atoms with Crippen LogP contribution in [-0.4, -0.2) is 26.6 Å². The molecule has 0 fully saturated rings. The lowest BCUT2D eigenvalue weighted by molar-refractivity contribution is 0.0576. The molecule has 0 saturated heterocycles. The van der Waals surface area contributed by atoms with Gasteiger partial charge in [0.25, 0.3) is 0 Å². The number of furan rings is 1. The second-order valence-electron chi connectivity index (χ2n) is 6.41. The molecule has 1 amide bonds. The lowest BCUT2D eigenvalue weighted by Gasteiger charge is -2.26. The van der Waals surface area contributed by atoms with Gasteiger partial charge in [0.05, 0.1) is 12.8 Å². The molecule has 25 heavy (non-hydrogen) atoms. The molecule has 3 aromatic rings. The molecule has 0 aliphatic heterocycles. The van der Waals surface area contributed by atoms with Gasteiger partial charge < -0.3 is 9.15 Å². The average molecular weight is 381 g/mol. The van der Waals surface area contributed by atoms with Crippen molar-refractivity contribution in [2.75, 3.05) is 4.90 Å². The first-order valence-electron chi connectivity index (χ1n) is 7.55. The summed E-state index contributed by atoms with van der Waals surface area (Å²) in [6.07, 6.45) is 2.66. The van der Waals surface area contributed by atoms with Gasteiger partial charge in [0, 0.05) is 17.1 Å². The zero-order valence-electron chi connectivity index (χ0n) is 14.2. The van der Waals surface area contributed by atoms with E-state index < -0.39 is 11.7 Å². The van der Waals surface area contributed by atoms with Crippen LogP contribution in [0.5, 0.6) is 0 Å². The summed E-state index contributed by atoms with van der Waals surface area (Å²) in [4.78, 5) is 26.8. The minimum Gasteiger partial charge on any atom is -0.458 e. The number of nitrogens with zero attached hydrogens (tertiary/aromatic N) is 4. The molecule has 9 heteroatoms. The second-order valence-corrected chi connectivity index (χ2v) is 7.72. The van der Waals surface area contributed by atoms with Crippen molar-refractivity contribution < 1.29 is 13.9 Å². The maximum Gasteiger partial charge on any atom is 0.416 e. The molecule has 0 atom stereocenters. The number of thiazole rings is 1. The number of carbonyl (C=O) groups excluding carboxylic acids is 1. The standard InChI is InChI=1S/C16H17ClN4O3S/c1-9-8-23-12-11(9)19-14(17)20-13(12)21(7-10-18-5-6-25-10)15(22)24-16(2,3)4/h5-6,8H,7H2,1-4H3. The number of hydrogen-bond donors (Lipinski definition) is 0. The van der Waals surface area contributed by atoms with Crippen molar-refractivity contribution in [3.05, 3.63) is 33.7 Å². The molecule has 132 valence electrons. The predicted octanol–water partition coefficient (Wildman–Crippen LogP) is 4.58. The number of amides is 1. The lowest BCUT2D eigenvalue weighted by atomic mass is 10.2. The van der Waals surface area contributed by atoms with Crippen LogP contribution in [0.15, 0.2) is 22.3 Å². The SMILES string of the molecule is Cc1coc2c(N(Cc3nccs3)C(=O)OC(C)(C)C)nc(Cl)nc12. The van der Waals surface area contributed by atoms with E-state index in [1.54, 1.807) is 33.2 Å². The minimum atomic E-state index is -0.659. The van der Waals surface area contributed by atoms with E-state index in [1.165, 1.54) is 16.2 Å². The van der Waals surface area contributed by atoms with Crippen molar-refractivity contribution in [1.82, 2.24) is 15.0 Å². The molecular formula is C16H17ClN4O3S. The number of aryl methyl sites for hydroxylation is 1. The minimum absolute atomic E-state index is 0.0275. The van der Waals surface area contributed by atoms with Crippen LogP contribution in [-0.2, 0) is 11.3 Å². The van der Waals surface area contributed by atoms with Gasteiger partial charge in [0.15, 0.2) is 11.4 Å². The van der Waals surface area contributed by atoms with Gasteiger partial charge in [0.2, 0.25) is 5.28 Å². The fraction of sp³-hybridized carbons (Fsp3) is 0.375. The van der Waals surface area contributed by atoms with E-state index in [0.717, 1.165) is 10.6 Å².